The van der Waals surface area contributed by atoms with Gasteiger partial charge in [-0.1, -0.05) is 54.6 Å². The quantitative estimate of drug-likeness (QED) is 0.770. The van der Waals surface area contributed by atoms with E-state index < -0.39 is 0 Å². The maximum Gasteiger partial charge on any atom is 0.310 e. The van der Waals surface area contributed by atoms with E-state index in [9.17, 15) is 4.79 Å². The summed E-state index contributed by atoms with van der Waals surface area (Å²) in [5.74, 6) is 1.36. The summed E-state index contributed by atoms with van der Waals surface area (Å²) < 4.78 is 5.73. The fourth-order valence-electron chi connectivity index (χ4n) is 4.15. The Morgan fingerprint density at radius 1 is 0.913 bits per heavy atom. The normalized spacial score (nSPS) is 25.5. The second-order valence-corrected chi connectivity index (χ2v) is 6.94. The minimum atomic E-state index is -0.0741. The highest BCUT2D eigenvalue weighted by Gasteiger charge is 2.41. The first kappa shape index (κ1) is 14.5. The van der Waals surface area contributed by atoms with Gasteiger partial charge in [-0.15, -0.1) is 0 Å². The average molecular weight is 306 g/mol. The van der Waals surface area contributed by atoms with E-state index in [1.807, 2.05) is 30.3 Å². The predicted molar refractivity (Wildman–Crippen MR) is 90.9 cm³/mol. The molecule has 0 aromatic heterocycles. The second-order valence-electron chi connectivity index (χ2n) is 6.94. The SMILES string of the molecule is O=C(Cc1ccc(-c2ccccc2)cc1)OC1CC2CCC1C2. The lowest BCUT2D eigenvalue weighted by molar-refractivity contribution is -0.150. The zero-order valence-electron chi connectivity index (χ0n) is 13.3. The van der Waals surface area contributed by atoms with Gasteiger partial charge in [-0.3, -0.25) is 4.79 Å². The van der Waals surface area contributed by atoms with Crippen molar-refractivity contribution in [1.29, 1.82) is 0 Å². The summed E-state index contributed by atoms with van der Waals surface area (Å²) in [5, 5.41) is 0. The van der Waals surface area contributed by atoms with Crippen LogP contribution in [0.25, 0.3) is 11.1 Å². The van der Waals surface area contributed by atoms with E-state index >= 15 is 0 Å². The maximum atomic E-state index is 12.2. The molecule has 0 spiro atoms. The maximum absolute atomic E-state index is 12.2. The smallest absolute Gasteiger partial charge is 0.310 e. The van der Waals surface area contributed by atoms with Crippen LogP contribution in [0.5, 0.6) is 0 Å². The highest BCUT2D eigenvalue weighted by atomic mass is 16.5. The van der Waals surface area contributed by atoms with Crippen molar-refractivity contribution < 1.29 is 9.53 Å². The molecular weight excluding hydrogens is 284 g/mol. The Morgan fingerprint density at radius 2 is 1.65 bits per heavy atom. The van der Waals surface area contributed by atoms with Crippen LogP contribution in [0.3, 0.4) is 0 Å². The van der Waals surface area contributed by atoms with E-state index in [1.165, 1.54) is 30.4 Å². The van der Waals surface area contributed by atoms with Crippen LogP contribution >= 0.6 is 0 Å². The molecule has 0 heterocycles. The third kappa shape index (κ3) is 3.17. The van der Waals surface area contributed by atoms with E-state index in [-0.39, 0.29) is 12.1 Å². The van der Waals surface area contributed by atoms with E-state index in [2.05, 4.69) is 24.3 Å². The molecule has 2 fully saturated rings. The van der Waals surface area contributed by atoms with Crippen molar-refractivity contribution in [1.82, 2.24) is 0 Å². The molecule has 0 amide bonds. The summed E-state index contributed by atoms with van der Waals surface area (Å²) in [6.45, 7) is 0. The largest absolute Gasteiger partial charge is 0.462 e. The topological polar surface area (TPSA) is 26.3 Å². The van der Waals surface area contributed by atoms with Crippen LogP contribution < -0.4 is 0 Å². The fourth-order valence-corrected chi connectivity index (χ4v) is 4.15. The number of hydrogen-bond donors (Lipinski definition) is 0. The first-order chi connectivity index (χ1) is 11.3. The second kappa shape index (κ2) is 6.19. The van der Waals surface area contributed by atoms with Crippen molar-refractivity contribution in [3.63, 3.8) is 0 Å². The third-order valence-corrected chi connectivity index (χ3v) is 5.37. The highest BCUT2D eigenvalue weighted by Crippen LogP contribution is 2.45. The van der Waals surface area contributed by atoms with Gasteiger partial charge in [0.2, 0.25) is 0 Å². The van der Waals surface area contributed by atoms with Crippen molar-refractivity contribution in [3.05, 3.63) is 60.2 Å². The summed E-state index contributed by atoms with van der Waals surface area (Å²) in [5.41, 5.74) is 3.40. The van der Waals surface area contributed by atoms with Gasteiger partial charge in [0, 0.05) is 0 Å². The molecular formula is C21H22O2. The Hall–Kier alpha value is -2.09. The summed E-state index contributed by atoms with van der Waals surface area (Å²) in [6, 6.07) is 18.5. The molecule has 2 bridgehead atoms. The standard InChI is InChI=1S/C21H22O2/c22-21(23-20-13-16-8-11-19(20)12-16)14-15-6-9-18(10-7-15)17-4-2-1-3-5-17/h1-7,9-10,16,19-20H,8,11-14H2. The monoisotopic (exact) mass is 306 g/mol. The number of rotatable bonds is 4. The summed E-state index contributed by atoms with van der Waals surface area (Å²) >= 11 is 0. The van der Waals surface area contributed by atoms with Crippen molar-refractivity contribution in [3.8, 4) is 11.1 Å². The fraction of sp³-hybridized carbons (Fsp3) is 0.381. The third-order valence-electron chi connectivity index (χ3n) is 5.37. The molecule has 2 heteroatoms. The van der Waals surface area contributed by atoms with Crippen LogP contribution in [0.15, 0.2) is 54.6 Å². The van der Waals surface area contributed by atoms with Gasteiger partial charge in [0.05, 0.1) is 6.42 Å². The molecule has 3 unspecified atom stereocenters. The number of esters is 1. The van der Waals surface area contributed by atoms with Crippen LogP contribution in [0.2, 0.25) is 0 Å². The number of ether oxygens (including phenoxy) is 1. The Balaban J connectivity index is 1.36. The lowest BCUT2D eigenvalue weighted by Gasteiger charge is -2.21. The summed E-state index contributed by atoms with van der Waals surface area (Å²) in [7, 11) is 0. The van der Waals surface area contributed by atoms with Gasteiger partial charge in [-0.25, -0.2) is 0 Å². The molecule has 2 aliphatic carbocycles. The van der Waals surface area contributed by atoms with Gasteiger partial charge in [-0.05, 0) is 54.2 Å². The number of benzene rings is 2. The highest BCUT2D eigenvalue weighted by molar-refractivity contribution is 5.73. The van der Waals surface area contributed by atoms with E-state index in [4.69, 9.17) is 4.74 Å². The van der Waals surface area contributed by atoms with Gasteiger partial charge < -0.3 is 4.74 Å². The Labute approximate surface area is 137 Å². The van der Waals surface area contributed by atoms with Crippen LogP contribution in [0, 0.1) is 11.8 Å². The number of carbonyl (C=O) groups is 1. The first-order valence-corrected chi connectivity index (χ1v) is 8.62. The molecule has 118 valence electrons. The molecule has 0 radical (unpaired) electrons. The predicted octanol–water partition coefficient (Wildman–Crippen LogP) is 4.63. The molecule has 0 saturated heterocycles. The van der Waals surface area contributed by atoms with Crippen LogP contribution in [0.4, 0.5) is 0 Å². The van der Waals surface area contributed by atoms with Gasteiger partial charge in [0.25, 0.3) is 0 Å². The average Bonchev–Trinajstić information content (AvgIpc) is 3.19. The number of hydrogen-bond acceptors (Lipinski definition) is 2. The van der Waals surface area contributed by atoms with Gasteiger partial charge >= 0.3 is 5.97 Å². The number of carbonyl (C=O) groups excluding carboxylic acids is 1. The number of fused-ring (bicyclic) bond motifs is 2. The van der Waals surface area contributed by atoms with Crippen LogP contribution in [-0.4, -0.2) is 12.1 Å². The lowest BCUT2D eigenvalue weighted by Crippen LogP contribution is -2.24. The Bertz CT molecular complexity index is 675. The molecule has 23 heavy (non-hydrogen) atoms. The minimum Gasteiger partial charge on any atom is -0.462 e. The molecule has 2 aromatic rings. The van der Waals surface area contributed by atoms with Crippen LogP contribution in [0.1, 0.15) is 31.2 Å². The summed E-state index contributed by atoms with van der Waals surface area (Å²) in [6.07, 6.45) is 5.49. The van der Waals surface area contributed by atoms with Crippen LogP contribution in [-0.2, 0) is 16.0 Å². The molecule has 4 rings (SSSR count). The van der Waals surface area contributed by atoms with E-state index in [1.54, 1.807) is 0 Å². The molecule has 2 nitrogen and oxygen atoms in total. The van der Waals surface area contributed by atoms with E-state index in [0.717, 1.165) is 17.9 Å². The van der Waals surface area contributed by atoms with E-state index in [0.29, 0.717) is 12.3 Å². The zero-order valence-corrected chi connectivity index (χ0v) is 13.3. The molecule has 0 aliphatic heterocycles. The molecule has 0 N–H and O–H groups in total. The Kier molecular flexibility index (Phi) is 3.90. The van der Waals surface area contributed by atoms with Crippen molar-refractivity contribution in [2.45, 2.75) is 38.2 Å². The lowest BCUT2D eigenvalue weighted by atomic mass is 9.97. The Morgan fingerprint density at radius 3 is 2.30 bits per heavy atom. The molecule has 2 aromatic carbocycles. The van der Waals surface area contributed by atoms with Crippen molar-refractivity contribution in [2.75, 3.05) is 0 Å². The minimum absolute atomic E-state index is 0.0741. The van der Waals surface area contributed by atoms with Crippen molar-refractivity contribution >= 4 is 5.97 Å². The zero-order chi connectivity index (χ0) is 15.6. The molecule has 3 atom stereocenters. The van der Waals surface area contributed by atoms with Gasteiger partial charge in [0.15, 0.2) is 0 Å². The molecule has 2 aliphatic rings. The van der Waals surface area contributed by atoms with Gasteiger partial charge in [0.1, 0.15) is 6.10 Å². The first-order valence-electron chi connectivity index (χ1n) is 8.62. The van der Waals surface area contributed by atoms with Crippen molar-refractivity contribution in [2.24, 2.45) is 11.8 Å². The van der Waals surface area contributed by atoms with Gasteiger partial charge in [-0.2, -0.15) is 0 Å². The molecule has 2 saturated carbocycles. The summed E-state index contributed by atoms with van der Waals surface area (Å²) in [4.78, 5) is 12.2.